The SMILES string of the molecule is Fc1cccc(O[C@@H]2C[C@H]3CN(Cc4ccncc4)CCN3C2)c1.O=C(O)C(F)(F)F.O=C(O)C(F)(F)F.O=C(O)C(F)(F)F. The first-order valence-corrected chi connectivity index (χ1v) is 12.3. The number of benzene rings is 1. The summed E-state index contributed by atoms with van der Waals surface area (Å²) in [5.41, 5.74) is 1.31. The smallest absolute Gasteiger partial charge is 0.489 e. The zero-order valence-corrected chi connectivity index (χ0v) is 22.6. The number of ether oxygens (including phenoxy) is 1. The Morgan fingerprint density at radius 2 is 1.29 bits per heavy atom. The normalized spacial score (nSPS) is 18.4. The Morgan fingerprint density at radius 3 is 1.73 bits per heavy atom. The van der Waals surface area contributed by atoms with Gasteiger partial charge in [-0.15, -0.1) is 0 Å². The van der Waals surface area contributed by atoms with Crippen molar-refractivity contribution in [2.24, 2.45) is 0 Å². The highest BCUT2D eigenvalue weighted by Crippen LogP contribution is 2.27. The predicted molar refractivity (Wildman–Crippen MR) is 131 cm³/mol. The van der Waals surface area contributed by atoms with Crippen LogP contribution in [0.15, 0.2) is 48.8 Å². The molecule has 2 aromatic rings. The zero-order chi connectivity index (χ0) is 34.6. The molecule has 0 saturated carbocycles. The van der Waals surface area contributed by atoms with E-state index < -0.39 is 36.4 Å². The van der Waals surface area contributed by atoms with Crippen molar-refractivity contribution in [1.82, 2.24) is 14.8 Å². The largest absolute Gasteiger partial charge is 0.490 e. The second-order valence-corrected chi connectivity index (χ2v) is 9.08. The lowest BCUT2D eigenvalue weighted by Crippen LogP contribution is -2.49. The third-order valence-electron chi connectivity index (χ3n) is 5.64. The number of aliphatic carboxylic acids is 3. The van der Waals surface area contributed by atoms with Crippen molar-refractivity contribution >= 4 is 17.9 Å². The number of fused-ring (bicyclic) bond motifs is 1. The predicted octanol–water partition coefficient (Wildman–Crippen LogP) is 4.46. The molecule has 1 aromatic heterocycles. The Kier molecular flexibility index (Phi) is 14.5. The van der Waals surface area contributed by atoms with Crippen LogP contribution in [0.3, 0.4) is 0 Å². The van der Waals surface area contributed by atoms with E-state index in [1.165, 1.54) is 17.7 Å². The van der Waals surface area contributed by atoms with Gasteiger partial charge in [-0.3, -0.25) is 14.8 Å². The van der Waals surface area contributed by atoms with Gasteiger partial charge in [-0.1, -0.05) is 6.07 Å². The number of piperazine rings is 1. The number of nitrogens with zero attached hydrogens (tertiary/aromatic N) is 3. The molecule has 2 atom stereocenters. The third-order valence-corrected chi connectivity index (χ3v) is 5.64. The number of carboxylic acid groups (broad SMARTS) is 3. The summed E-state index contributed by atoms with van der Waals surface area (Å²) in [6, 6.07) is 11.1. The molecule has 3 heterocycles. The lowest BCUT2D eigenvalue weighted by atomic mass is 10.1. The van der Waals surface area contributed by atoms with Crippen molar-refractivity contribution in [3.63, 3.8) is 0 Å². The Morgan fingerprint density at radius 1 is 0.800 bits per heavy atom. The van der Waals surface area contributed by atoms with Gasteiger partial charge in [0.15, 0.2) is 0 Å². The number of carbonyl (C=O) groups is 3. The number of pyridine rings is 1. The van der Waals surface area contributed by atoms with Gasteiger partial charge in [0.25, 0.3) is 0 Å². The van der Waals surface area contributed by atoms with Crippen LogP contribution >= 0.6 is 0 Å². The van der Waals surface area contributed by atoms with E-state index in [9.17, 15) is 43.9 Å². The first-order chi connectivity index (χ1) is 20.6. The molecule has 4 rings (SSSR count). The maximum Gasteiger partial charge on any atom is 0.490 e. The molecule has 3 N–H and O–H groups in total. The van der Waals surface area contributed by atoms with E-state index in [1.54, 1.807) is 6.07 Å². The molecular weight excluding hydrogens is 644 g/mol. The molecule has 45 heavy (non-hydrogen) atoms. The van der Waals surface area contributed by atoms with E-state index >= 15 is 0 Å². The molecule has 20 heteroatoms. The highest BCUT2D eigenvalue weighted by atomic mass is 19.4. The molecule has 0 spiro atoms. The number of carboxylic acids is 3. The maximum absolute atomic E-state index is 13.3. The van der Waals surface area contributed by atoms with Crippen LogP contribution in [-0.4, -0.2) is 105 Å². The van der Waals surface area contributed by atoms with Crippen LogP contribution in [0.4, 0.5) is 43.9 Å². The highest BCUT2D eigenvalue weighted by molar-refractivity contribution is 5.73. The Balaban J connectivity index is 0.000000396. The van der Waals surface area contributed by atoms with E-state index in [-0.39, 0.29) is 11.9 Å². The molecule has 10 nitrogen and oxygen atoms in total. The van der Waals surface area contributed by atoms with Gasteiger partial charge in [-0.05, 0) is 29.8 Å². The fourth-order valence-corrected chi connectivity index (χ4v) is 3.77. The van der Waals surface area contributed by atoms with Crippen LogP contribution in [0.2, 0.25) is 0 Å². The lowest BCUT2D eigenvalue weighted by Gasteiger charge is -2.37. The minimum absolute atomic E-state index is 0.151. The summed E-state index contributed by atoms with van der Waals surface area (Å²) in [5.74, 6) is -7.88. The molecule has 2 aliphatic heterocycles. The molecule has 1 aromatic carbocycles. The molecule has 0 radical (unpaired) electrons. The Bertz CT molecular complexity index is 1190. The molecular formula is C25H25F10N3O7. The molecule has 0 bridgehead atoms. The second kappa shape index (κ2) is 16.8. The van der Waals surface area contributed by atoms with Crippen LogP contribution in [-0.2, 0) is 20.9 Å². The molecule has 2 fully saturated rings. The molecule has 2 saturated heterocycles. The summed E-state index contributed by atoms with van der Waals surface area (Å²) in [4.78, 5) is 35.8. The second-order valence-electron chi connectivity index (χ2n) is 9.08. The number of alkyl halides is 9. The van der Waals surface area contributed by atoms with Crippen molar-refractivity contribution in [1.29, 1.82) is 0 Å². The number of halogens is 10. The molecule has 0 aliphatic carbocycles. The van der Waals surface area contributed by atoms with Gasteiger partial charge < -0.3 is 20.1 Å². The van der Waals surface area contributed by atoms with Gasteiger partial charge in [-0.2, -0.15) is 39.5 Å². The summed E-state index contributed by atoms with van der Waals surface area (Å²) in [7, 11) is 0. The topological polar surface area (TPSA) is 140 Å². The van der Waals surface area contributed by atoms with Crippen LogP contribution in [0, 0.1) is 5.82 Å². The summed E-state index contributed by atoms with van der Waals surface area (Å²) >= 11 is 0. The third kappa shape index (κ3) is 15.4. The van der Waals surface area contributed by atoms with Crippen LogP contribution in [0.1, 0.15) is 12.0 Å². The number of rotatable bonds is 4. The molecule has 0 unspecified atom stereocenters. The van der Waals surface area contributed by atoms with Gasteiger partial charge in [0.1, 0.15) is 17.7 Å². The van der Waals surface area contributed by atoms with Crippen molar-refractivity contribution in [3.8, 4) is 5.75 Å². The number of hydrogen-bond acceptors (Lipinski definition) is 7. The summed E-state index contributed by atoms with van der Waals surface area (Å²) in [6.07, 6.45) is -10.4. The van der Waals surface area contributed by atoms with Gasteiger partial charge in [-0.25, -0.2) is 18.8 Å². The van der Waals surface area contributed by atoms with Gasteiger partial charge >= 0.3 is 36.4 Å². The minimum atomic E-state index is -5.08. The first-order valence-electron chi connectivity index (χ1n) is 12.3. The quantitative estimate of drug-likeness (QED) is 0.400. The molecule has 0 amide bonds. The summed E-state index contributed by atoms with van der Waals surface area (Å²) < 4.78 is 114. The average Bonchev–Trinajstić information content (AvgIpc) is 3.30. The fraction of sp³-hybridized carbons (Fsp3) is 0.440. The van der Waals surface area contributed by atoms with E-state index in [0.717, 1.165) is 39.1 Å². The van der Waals surface area contributed by atoms with E-state index in [1.807, 2.05) is 18.5 Å². The van der Waals surface area contributed by atoms with Crippen molar-refractivity contribution in [2.45, 2.75) is 43.6 Å². The monoisotopic (exact) mass is 669 g/mol. The van der Waals surface area contributed by atoms with Crippen LogP contribution in [0.25, 0.3) is 0 Å². The van der Waals surface area contributed by atoms with E-state index in [0.29, 0.717) is 11.8 Å². The van der Waals surface area contributed by atoms with Crippen molar-refractivity contribution < 1.29 is 78.3 Å². The maximum atomic E-state index is 13.3. The number of hydrogen-bond donors (Lipinski definition) is 3. The Hall–Kier alpha value is -4.20. The van der Waals surface area contributed by atoms with Crippen LogP contribution < -0.4 is 4.74 Å². The average molecular weight is 669 g/mol. The van der Waals surface area contributed by atoms with Crippen molar-refractivity contribution in [2.75, 3.05) is 26.2 Å². The van der Waals surface area contributed by atoms with Gasteiger partial charge in [0.05, 0.1) is 0 Å². The zero-order valence-electron chi connectivity index (χ0n) is 22.6. The first kappa shape index (κ1) is 38.8. The fourth-order valence-electron chi connectivity index (χ4n) is 3.77. The standard InChI is InChI=1S/C19H22FN3O.3C2HF3O2/c20-16-2-1-3-18(10-16)24-19-11-17-13-22(8-9-23(17)14-19)12-15-4-6-21-7-5-15;3*3-2(4,5)1(6)7/h1-7,10,17,19H,8-9,11-14H2;3*(H,6,7)/t17-,19+;;;/m0.../s1. The van der Waals surface area contributed by atoms with Gasteiger partial charge in [0, 0.05) is 63.6 Å². The van der Waals surface area contributed by atoms with E-state index in [4.69, 9.17) is 34.4 Å². The summed E-state index contributed by atoms with van der Waals surface area (Å²) in [5, 5.41) is 21.4. The van der Waals surface area contributed by atoms with Gasteiger partial charge in [0.2, 0.25) is 0 Å². The van der Waals surface area contributed by atoms with Crippen LogP contribution in [0.5, 0.6) is 5.75 Å². The molecule has 252 valence electrons. The Labute approximate surface area is 247 Å². The van der Waals surface area contributed by atoms with E-state index in [2.05, 4.69) is 26.9 Å². The molecule has 2 aliphatic rings. The van der Waals surface area contributed by atoms with Crippen molar-refractivity contribution in [3.05, 3.63) is 60.2 Å². The lowest BCUT2D eigenvalue weighted by molar-refractivity contribution is -0.193. The summed E-state index contributed by atoms with van der Waals surface area (Å²) in [6.45, 7) is 5.11. The minimum Gasteiger partial charge on any atom is -0.489 e. The highest BCUT2D eigenvalue weighted by Gasteiger charge is 2.40. The number of aromatic nitrogens is 1.